The minimum Gasteiger partial charge on any atom is -0.465 e. The number of esters is 1. The lowest BCUT2D eigenvalue weighted by molar-refractivity contribution is -0.384. The zero-order valence-electron chi connectivity index (χ0n) is 13.2. The first kappa shape index (κ1) is 16.8. The maximum Gasteiger partial charge on any atom is 0.326 e. The van der Waals surface area contributed by atoms with E-state index in [1.165, 1.54) is 34.4 Å². The average molecular weight is 359 g/mol. The van der Waals surface area contributed by atoms with Crippen LogP contribution in [0.4, 0.5) is 5.69 Å². The van der Waals surface area contributed by atoms with Crippen LogP contribution in [-0.4, -0.2) is 27.1 Å². The van der Waals surface area contributed by atoms with Crippen molar-refractivity contribution in [3.05, 3.63) is 56.4 Å². The molecule has 2 heterocycles. The molecule has 0 N–H and O–H groups in total. The summed E-state index contributed by atoms with van der Waals surface area (Å²) in [6, 6.07) is 5.93. The maximum atomic E-state index is 12.7. The van der Waals surface area contributed by atoms with Gasteiger partial charge in [0, 0.05) is 23.1 Å². The van der Waals surface area contributed by atoms with Crippen LogP contribution in [0.15, 0.2) is 40.8 Å². The monoisotopic (exact) mass is 359 g/mol. The smallest absolute Gasteiger partial charge is 0.326 e. The van der Waals surface area contributed by atoms with E-state index in [9.17, 15) is 19.7 Å². The van der Waals surface area contributed by atoms with E-state index in [0.29, 0.717) is 21.3 Å². The minimum absolute atomic E-state index is 0.0267. The van der Waals surface area contributed by atoms with Crippen LogP contribution >= 0.6 is 11.3 Å². The standard InChI is InChI=1S/C16H13N3O5S/c1-2-24-13(20)7-18-9-17-15-14(16(18)21)12(8-25-15)10-3-5-11(6-4-10)19(22)23/h3-6,8-9H,2,7H2,1H3. The van der Waals surface area contributed by atoms with E-state index >= 15 is 0 Å². The Morgan fingerprint density at radius 3 is 2.72 bits per heavy atom. The molecule has 0 unspecified atom stereocenters. The van der Waals surface area contributed by atoms with Gasteiger partial charge in [0.1, 0.15) is 11.4 Å². The lowest BCUT2D eigenvalue weighted by Crippen LogP contribution is -2.25. The molecule has 3 rings (SSSR count). The average Bonchev–Trinajstić information content (AvgIpc) is 3.02. The van der Waals surface area contributed by atoms with Crippen LogP contribution in [0.3, 0.4) is 0 Å². The number of rotatable bonds is 5. The molecule has 128 valence electrons. The van der Waals surface area contributed by atoms with Gasteiger partial charge in [-0.15, -0.1) is 11.3 Å². The Bertz CT molecular complexity index is 1010. The number of nitrogens with zero attached hydrogens (tertiary/aromatic N) is 3. The molecule has 9 heteroatoms. The summed E-state index contributed by atoms with van der Waals surface area (Å²) in [5, 5.41) is 12.9. The van der Waals surface area contributed by atoms with Gasteiger partial charge >= 0.3 is 5.97 Å². The molecule has 0 bridgehead atoms. The number of thiophene rings is 1. The van der Waals surface area contributed by atoms with Crippen LogP contribution in [-0.2, 0) is 16.1 Å². The largest absolute Gasteiger partial charge is 0.465 e. The van der Waals surface area contributed by atoms with Crippen LogP contribution in [0.1, 0.15) is 6.92 Å². The summed E-state index contributed by atoms with van der Waals surface area (Å²) >= 11 is 1.30. The van der Waals surface area contributed by atoms with Gasteiger partial charge in [-0.25, -0.2) is 4.98 Å². The molecule has 3 aromatic rings. The molecule has 0 aliphatic heterocycles. The number of hydrogen-bond donors (Lipinski definition) is 0. The van der Waals surface area contributed by atoms with Crippen LogP contribution in [0.2, 0.25) is 0 Å². The SMILES string of the molecule is CCOC(=O)Cn1cnc2scc(-c3ccc([N+](=O)[O-])cc3)c2c1=O. The molecule has 25 heavy (non-hydrogen) atoms. The lowest BCUT2D eigenvalue weighted by atomic mass is 10.1. The number of aromatic nitrogens is 2. The molecule has 0 aliphatic rings. The Balaban J connectivity index is 2.06. The summed E-state index contributed by atoms with van der Waals surface area (Å²) in [6.07, 6.45) is 1.32. The molecule has 0 aliphatic carbocycles. The summed E-state index contributed by atoms with van der Waals surface area (Å²) < 4.78 is 6.05. The molecule has 2 aromatic heterocycles. The molecule has 0 amide bonds. The highest BCUT2D eigenvalue weighted by molar-refractivity contribution is 7.17. The lowest BCUT2D eigenvalue weighted by Gasteiger charge is -2.06. The van der Waals surface area contributed by atoms with Crippen molar-refractivity contribution in [1.82, 2.24) is 9.55 Å². The number of hydrogen-bond acceptors (Lipinski definition) is 7. The summed E-state index contributed by atoms with van der Waals surface area (Å²) in [6.45, 7) is 1.70. The summed E-state index contributed by atoms with van der Waals surface area (Å²) in [4.78, 5) is 39.4. The number of non-ortho nitro benzene ring substituents is 1. The Morgan fingerprint density at radius 1 is 1.36 bits per heavy atom. The zero-order chi connectivity index (χ0) is 18.0. The highest BCUT2D eigenvalue weighted by Crippen LogP contribution is 2.31. The summed E-state index contributed by atoms with van der Waals surface area (Å²) in [5.41, 5.74) is 0.920. The first-order chi connectivity index (χ1) is 12.0. The van der Waals surface area contributed by atoms with Crippen molar-refractivity contribution in [2.75, 3.05) is 6.61 Å². The van der Waals surface area contributed by atoms with E-state index in [0.717, 1.165) is 0 Å². The fourth-order valence-electron chi connectivity index (χ4n) is 2.40. The molecular weight excluding hydrogens is 346 g/mol. The van der Waals surface area contributed by atoms with Crippen molar-refractivity contribution < 1.29 is 14.5 Å². The van der Waals surface area contributed by atoms with Gasteiger partial charge in [-0.1, -0.05) is 0 Å². The third-order valence-corrected chi connectivity index (χ3v) is 4.44. The van der Waals surface area contributed by atoms with Gasteiger partial charge < -0.3 is 4.74 Å². The van der Waals surface area contributed by atoms with Crippen molar-refractivity contribution in [2.24, 2.45) is 0 Å². The Morgan fingerprint density at radius 2 is 2.08 bits per heavy atom. The van der Waals surface area contributed by atoms with E-state index in [1.807, 2.05) is 0 Å². The van der Waals surface area contributed by atoms with Crippen molar-refractivity contribution in [3.63, 3.8) is 0 Å². The Kier molecular flexibility index (Phi) is 4.57. The van der Waals surface area contributed by atoms with E-state index < -0.39 is 10.9 Å². The molecule has 0 fully saturated rings. The van der Waals surface area contributed by atoms with E-state index in [1.54, 1.807) is 24.4 Å². The number of nitro groups is 1. The van der Waals surface area contributed by atoms with Gasteiger partial charge in [0.15, 0.2) is 0 Å². The molecule has 0 saturated heterocycles. The zero-order valence-corrected chi connectivity index (χ0v) is 14.0. The first-order valence-corrected chi connectivity index (χ1v) is 8.26. The number of nitro benzene ring substituents is 1. The Hall–Kier alpha value is -3.07. The third kappa shape index (κ3) is 3.26. The molecule has 0 saturated carbocycles. The van der Waals surface area contributed by atoms with Gasteiger partial charge in [-0.05, 0) is 24.6 Å². The topological polar surface area (TPSA) is 104 Å². The van der Waals surface area contributed by atoms with E-state index in [-0.39, 0.29) is 24.4 Å². The predicted octanol–water partition coefficient (Wildman–Crippen LogP) is 2.60. The number of fused-ring (bicyclic) bond motifs is 1. The summed E-state index contributed by atoms with van der Waals surface area (Å²) in [5.74, 6) is -0.516. The highest BCUT2D eigenvalue weighted by atomic mass is 32.1. The van der Waals surface area contributed by atoms with Gasteiger partial charge in [0.2, 0.25) is 0 Å². The summed E-state index contributed by atoms with van der Waals surface area (Å²) in [7, 11) is 0. The second-order valence-corrected chi connectivity index (χ2v) is 5.97. The molecule has 0 atom stereocenters. The second-order valence-electron chi connectivity index (χ2n) is 5.12. The minimum atomic E-state index is -0.516. The predicted molar refractivity (Wildman–Crippen MR) is 92.6 cm³/mol. The quantitative estimate of drug-likeness (QED) is 0.394. The molecular formula is C16H13N3O5S. The van der Waals surface area contributed by atoms with Crippen LogP contribution in [0.5, 0.6) is 0 Å². The van der Waals surface area contributed by atoms with Crippen molar-refractivity contribution >= 4 is 33.2 Å². The first-order valence-electron chi connectivity index (χ1n) is 7.38. The number of carbonyl (C=O) groups is 1. The third-order valence-electron chi connectivity index (χ3n) is 3.55. The van der Waals surface area contributed by atoms with E-state index in [2.05, 4.69) is 4.98 Å². The highest BCUT2D eigenvalue weighted by Gasteiger charge is 2.15. The van der Waals surface area contributed by atoms with Crippen LogP contribution in [0, 0.1) is 10.1 Å². The van der Waals surface area contributed by atoms with Gasteiger partial charge in [-0.3, -0.25) is 24.3 Å². The number of carbonyl (C=O) groups excluding carboxylic acids is 1. The number of ether oxygens (including phenoxy) is 1. The van der Waals surface area contributed by atoms with Crippen LogP contribution < -0.4 is 5.56 Å². The van der Waals surface area contributed by atoms with Crippen molar-refractivity contribution in [2.45, 2.75) is 13.5 Å². The normalized spacial score (nSPS) is 10.8. The maximum absolute atomic E-state index is 12.7. The molecule has 8 nitrogen and oxygen atoms in total. The second kappa shape index (κ2) is 6.81. The van der Waals surface area contributed by atoms with Gasteiger partial charge in [0.25, 0.3) is 11.2 Å². The van der Waals surface area contributed by atoms with Crippen LogP contribution in [0.25, 0.3) is 21.3 Å². The van der Waals surface area contributed by atoms with Crippen molar-refractivity contribution in [3.8, 4) is 11.1 Å². The van der Waals surface area contributed by atoms with Crippen molar-refractivity contribution in [1.29, 1.82) is 0 Å². The van der Waals surface area contributed by atoms with Gasteiger partial charge in [-0.2, -0.15) is 0 Å². The molecule has 0 spiro atoms. The van der Waals surface area contributed by atoms with Gasteiger partial charge in [0.05, 0.1) is 23.2 Å². The fraction of sp³-hybridized carbons (Fsp3) is 0.188. The van der Waals surface area contributed by atoms with E-state index in [4.69, 9.17) is 4.74 Å². The molecule has 0 radical (unpaired) electrons. The Labute approximate surface area is 145 Å². The fourth-order valence-corrected chi connectivity index (χ4v) is 3.31. The number of benzene rings is 1. The molecule has 1 aromatic carbocycles.